The summed E-state index contributed by atoms with van der Waals surface area (Å²) in [6.07, 6.45) is 3.32. The minimum absolute atomic E-state index is 0.0278. The van der Waals surface area contributed by atoms with Gasteiger partial charge in [0.2, 0.25) is 11.8 Å². The number of amides is 2. The molecule has 2 amide bonds. The Kier molecular flexibility index (Phi) is 6.95. The van der Waals surface area contributed by atoms with Crippen LogP contribution in [0, 0.1) is 33.6 Å². The Morgan fingerprint density at radius 3 is 2.40 bits per heavy atom. The predicted octanol–water partition coefficient (Wildman–Crippen LogP) is 3.32. The van der Waals surface area contributed by atoms with E-state index in [0.29, 0.717) is 38.3 Å². The maximum atomic E-state index is 12.6. The Labute approximate surface area is 178 Å². The van der Waals surface area contributed by atoms with Gasteiger partial charge < -0.3 is 14.7 Å². The van der Waals surface area contributed by atoms with Crippen LogP contribution in [-0.4, -0.2) is 44.7 Å². The minimum atomic E-state index is 0.0278. The van der Waals surface area contributed by atoms with Gasteiger partial charge in [0.1, 0.15) is 5.76 Å². The van der Waals surface area contributed by atoms with Crippen LogP contribution in [0.15, 0.2) is 4.52 Å². The number of carbonyl (C=O) groups excluding carboxylic acids is 2. The Hall–Kier alpha value is -2.64. The third kappa shape index (κ3) is 4.91. The topological polar surface area (TPSA) is 93.3 Å². The number of hydrogen-bond acceptors (Lipinski definition) is 5. The van der Waals surface area contributed by atoms with Gasteiger partial charge in [0.15, 0.2) is 0 Å². The van der Waals surface area contributed by atoms with Gasteiger partial charge in [0.25, 0.3) is 0 Å². The van der Waals surface area contributed by atoms with E-state index >= 15 is 0 Å². The van der Waals surface area contributed by atoms with Gasteiger partial charge in [-0.2, -0.15) is 5.10 Å². The third-order valence-corrected chi connectivity index (χ3v) is 6.16. The quantitative estimate of drug-likeness (QED) is 0.749. The number of nitrogens with zero attached hydrogens (tertiary/aromatic N) is 4. The maximum Gasteiger partial charge on any atom is 0.224 e. The molecule has 3 rings (SSSR count). The summed E-state index contributed by atoms with van der Waals surface area (Å²) in [6, 6.07) is 0. The van der Waals surface area contributed by atoms with E-state index in [1.807, 2.05) is 44.2 Å². The molecule has 8 nitrogen and oxygen atoms in total. The normalized spacial score (nSPS) is 14.9. The lowest BCUT2D eigenvalue weighted by Gasteiger charge is -2.32. The summed E-state index contributed by atoms with van der Waals surface area (Å²) in [5, 5.41) is 11.4. The van der Waals surface area contributed by atoms with E-state index in [2.05, 4.69) is 15.6 Å². The van der Waals surface area contributed by atoms with Crippen LogP contribution in [0.3, 0.4) is 0 Å². The summed E-state index contributed by atoms with van der Waals surface area (Å²) < 4.78 is 7.07. The van der Waals surface area contributed by atoms with Crippen LogP contribution in [-0.2, 0) is 22.6 Å². The van der Waals surface area contributed by atoms with Crippen molar-refractivity contribution >= 4 is 17.5 Å². The average Bonchev–Trinajstić information content (AvgIpc) is 3.19. The summed E-state index contributed by atoms with van der Waals surface area (Å²) >= 11 is 0. The van der Waals surface area contributed by atoms with Crippen molar-refractivity contribution in [2.24, 2.45) is 5.92 Å². The molecule has 0 spiro atoms. The second kappa shape index (κ2) is 9.45. The molecule has 2 aromatic rings. The Bertz CT molecular complexity index is 887. The molecule has 0 unspecified atom stereocenters. The first-order chi connectivity index (χ1) is 14.3. The predicted molar refractivity (Wildman–Crippen MR) is 114 cm³/mol. The molecule has 1 saturated heterocycles. The van der Waals surface area contributed by atoms with E-state index in [9.17, 15) is 9.59 Å². The average molecular weight is 416 g/mol. The van der Waals surface area contributed by atoms with Crippen molar-refractivity contribution in [3.8, 4) is 0 Å². The molecule has 1 aliphatic rings. The molecule has 0 saturated carbocycles. The highest BCUT2D eigenvalue weighted by Crippen LogP contribution is 2.24. The van der Waals surface area contributed by atoms with E-state index in [-0.39, 0.29) is 11.8 Å². The van der Waals surface area contributed by atoms with Crippen LogP contribution in [0.4, 0.5) is 5.69 Å². The molecule has 0 radical (unpaired) electrons. The van der Waals surface area contributed by atoms with Crippen molar-refractivity contribution in [3.05, 3.63) is 28.4 Å². The summed E-state index contributed by atoms with van der Waals surface area (Å²) in [6.45, 7) is 11.9. The van der Waals surface area contributed by atoms with Crippen LogP contribution in [0.25, 0.3) is 0 Å². The molecule has 0 atom stereocenters. The van der Waals surface area contributed by atoms with E-state index in [0.717, 1.165) is 53.5 Å². The van der Waals surface area contributed by atoms with E-state index in [1.165, 1.54) is 0 Å². The number of likely N-dealkylation sites (tertiary alicyclic amines) is 1. The summed E-state index contributed by atoms with van der Waals surface area (Å²) in [7, 11) is 0. The van der Waals surface area contributed by atoms with Crippen molar-refractivity contribution in [1.82, 2.24) is 19.8 Å². The van der Waals surface area contributed by atoms with Gasteiger partial charge in [-0.3, -0.25) is 14.3 Å². The number of hydrogen-bond donors (Lipinski definition) is 1. The highest BCUT2D eigenvalue weighted by atomic mass is 16.5. The van der Waals surface area contributed by atoms with Crippen LogP contribution < -0.4 is 5.32 Å². The molecule has 30 heavy (non-hydrogen) atoms. The molecule has 0 aliphatic carbocycles. The summed E-state index contributed by atoms with van der Waals surface area (Å²) in [5.74, 6) is 1.29. The van der Waals surface area contributed by atoms with Gasteiger partial charge in [0.05, 0.1) is 22.8 Å². The van der Waals surface area contributed by atoms with Gasteiger partial charge in [-0.15, -0.1) is 0 Å². The number of piperidine rings is 1. The SMILES string of the molecule is CCn1nc(C)c(NC(=O)CC2CCN(C(=O)CCc3c(C)noc3C)CC2)c1C. The van der Waals surface area contributed by atoms with E-state index in [4.69, 9.17) is 4.52 Å². The van der Waals surface area contributed by atoms with E-state index < -0.39 is 0 Å². The molecule has 2 aromatic heterocycles. The van der Waals surface area contributed by atoms with Crippen LogP contribution in [0.5, 0.6) is 0 Å². The largest absolute Gasteiger partial charge is 0.361 e. The zero-order valence-electron chi connectivity index (χ0n) is 18.7. The number of nitrogens with one attached hydrogen (secondary N) is 1. The molecule has 164 valence electrons. The standard InChI is InChI=1S/C22H33N5O3/c1-6-27-16(4)22(15(3)24-27)23-20(28)13-18-9-11-26(12-10-18)21(29)8-7-19-14(2)25-30-17(19)5/h18H,6-13H2,1-5H3,(H,23,28). The van der Waals surface area contributed by atoms with Crippen molar-refractivity contribution in [1.29, 1.82) is 0 Å². The number of anilines is 1. The summed E-state index contributed by atoms with van der Waals surface area (Å²) in [4.78, 5) is 27.1. The molecule has 3 heterocycles. The lowest BCUT2D eigenvalue weighted by Crippen LogP contribution is -2.39. The summed E-state index contributed by atoms with van der Waals surface area (Å²) in [5.41, 5.74) is 4.56. The fourth-order valence-electron chi connectivity index (χ4n) is 4.27. The first-order valence-corrected chi connectivity index (χ1v) is 10.8. The number of rotatable bonds is 7. The smallest absolute Gasteiger partial charge is 0.224 e. The highest BCUT2D eigenvalue weighted by Gasteiger charge is 2.25. The molecule has 0 aromatic carbocycles. The Morgan fingerprint density at radius 2 is 1.83 bits per heavy atom. The lowest BCUT2D eigenvalue weighted by molar-refractivity contribution is -0.132. The van der Waals surface area contributed by atoms with Crippen LogP contribution in [0.2, 0.25) is 0 Å². The molecule has 1 N–H and O–H groups in total. The first kappa shape index (κ1) is 22.1. The van der Waals surface area contributed by atoms with Crippen molar-refractivity contribution in [2.75, 3.05) is 18.4 Å². The van der Waals surface area contributed by atoms with Gasteiger partial charge in [-0.1, -0.05) is 5.16 Å². The fourth-order valence-corrected chi connectivity index (χ4v) is 4.27. The number of aryl methyl sites for hydroxylation is 4. The van der Waals surface area contributed by atoms with Crippen molar-refractivity contribution < 1.29 is 14.1 Å². The zero-order chi connectivity index (χ0) is 21.8. The van der Waals surface area contributed by atoms with Gasteiger partial charge in [-0.25, -0.2) is 0 Å². The van der Waals surface area contributed by atoms with E-state index in [1.54, 1.807) is 0 Å². The molecule has 1 fully saturated rings. The molecular weight excluding hydrogens is 382 g/mol. The Morgan fingerprint density at radius 1 is 1.13 bits per heavy atom. The van der Waals surface area contributed by atoms with Crippen LogP contribution >= 0.6 is 0 Å². The van der Waals surface area contributed by atoms with Gasteiger partial charge in [0, 0.05) is 38.0 Å². The molecule has 8 heteroatoms. The van der Waals surface area contributed by atoms with Crippen LogP contribution in [0.1, 0.15) is 61.0 Å². The minimum Gasteiger partial charge on any atom is -0.361 e. The third-order valence-electron chi connectivity index (χ3n) is 6.16. The lowest BCUT2D eigenvalue weighted by atomic mass is 9.93. The highest BCUT2D eigenvalue weighted by molar-refractivity contribution is 5.92. The maximum absolute atomic E-state index is 12.6. The second-order valence-electron chi connectivity index (χ2n) is 8.24. The number of carbonyl (C=O) groups is 2. The Balaban J connectivity index is 1.44. The number of aromatic nitrogens is 3. The molecule has 1 aliphatic heterocycles. The second-order valence-corrected chi connectivity index (χ2v) is 8.24. The molecule has 0 bridgehead atoms. The van der Waals surface area contributed by atoms with Crippen molar-refractivity contribution in [2.45, 2.75) is 73.3 Å². The van der Waals surface area contributed by atoms with Crippen molar-refractivity contribution in [3.63, 3.8) is 0 Å². The monoisotopic (exact) mass is 415 g/mol. The van der Waals surface area contributed by atoms with Gasteiger partial charge in [-0.05, 0) is 59.8 Å². The fraction of sp³-hybridized carbons (Fsp3) is 0.636. The first-order valence-electron chi connectivity index (χ1n) is 10.8. The zero-order valence-corrected chi connectivity index (χ0v) is 18.7. The van der Waals surface area contributed by atoms with Gasteiger partial charge >= 0.3 is 0 Å². The molecular formula is C22H33N5O3.